The van der Waals surface area contributed by atoms with Gasteiger partial charge in [-0.15, -0.1) is 0 Å². The Hall–Kier alpha value is -1.12. The summed E-state index contributed by atoms with van der Waals surface area (Å²) in [4.78, 5) is -0.151. The summed E-state index contributed by atoms with van der Waals surface area (Å²) in [7, 11) is -3.76. The molecule has 2 rings (SSSR count). The second-order valence-electron chi connectivity index (χ2n) is 5.42. The molecule has 1 fully saturated rings. The number of sulfonamides is 1. The van der Waals surface area contributed by atoms with E-state index in [1.807, 2.05) is 0 Å². The zero-order valence-corrected chi connectivity index (χ0v) is 12.8. The van der Waals surface area contributed by atoms with Crippen molar-refractivity contribution < 1.29 is 21.6 Å². The quantitative estimate of drug-likeness (QED) is 0.868. The molecule has 0 saturated carbocycles. The van der Waals surface area contributed by atoms with Crippen LogP contribution in [0.2, 0.25) is 0 Å². The van der Waals surface area contributed by atoms with Crippen molar-refractivity contribution in [3.8, 4) is 0 Å². The van der Waals surface area contributed by atoms with Gasteiger partial charge in [0, 0.05) is 6.54 Å². The maximum absolute atomic E-state index is 12.5. The van der Waals surface area contributed by atoms with E-state index in [1.54, 1.807) is 0 Å². The molecule has 8 heteroatoms. The smallest absolute Gasteiger partial charge is 0.316 e. The van der Waals surface area contributed by atoms with Gasteiger partial charge in [-0.1, -0.05) is 0 Å². The Morgan fingerprint density at radius 1 is 1.23 bits per heavy atom. The van der Waals surface area contributed by atoms with Crippen LogP contribution in [-0.4, -0.2) is 28.1 Å². The summed E-state index contributed by atoms with van der Waals surface area (Å²) >= 11 is 0. The molecule has 0 amide bonds. The van der Waals surface area contributed by atoms with E-state index < -0.39 is 21.8 Å². The molecule has 1 atom stereocenters. The fourth-order valence-electron chi connectivity index (χ4n) is 2.47. The summed E-state index contributed by atoms with van der Waals surface area (Å²) in [5.41, 5.74) is -0.861. The maximum Gasteiger partial charge on any atom is 0.416 e. The first-order valence-corrected chi connectivity index (χ1v) is 8.65. The van der Waals surface area contributed by atoms with Gasteiger partial charge in [0.2, 0.25) is 10.0 Å². The van der Waals surface area contributed by atoms with E-state index in [2.05, 4.69) is 10.0 Å². The normalized spacial score (nSPS) is 20.0. The SMILES string of the molecule is O=S(=O)(NCCC1CCCNC1)c1ccc(C(F)(F)F)cc1. The van der Waals surface area contributed by atoms with Gasteiger partial charge in [-0.05, 0) is 62.5 Å². The average Bonchev–Trinajstić information content (AvgIpc) is 2.47. The number of hydrogen-bond donors (Lipinski definition) is 2. The molecule has 22 heavy (non-hydrogen) atoms. The lowest BCUT2D eigenvalue weighted by Gasteiger charge is -2.22. The van der Waals surface area contributed by atoms with Gasteiger partial charge in [-0.25, -0.2) is 13.1 Å². The number of benzene rings is 1. The topological polar surface area (TPSA) is 58.2 Å². The monoisotopic (exact) mass is 336 g/mol. The van der Waals surface area contributed by atoms with Gasteiger partial charge in [0.25, 0.3) is 0 Å². The van der Waals surface area contributed by atoms with Gasteiger partial charge in [0.1, 0.15) is 0 Å². The lowest BCUT2D eigenvalue weighted by atomic mass is 9.96. The van der Waals surface area contributed by atoms with Gasteiger partial charge in [0.15, 0.2) is 0 Å². The zero-order chi connectivity index (χ0) is 16.2. The number of nitrogens with one attached hydrogen (secondary N) is 2. The van der Waals surface area contributed by atoms with Crippen LogP contribution in [0.15, 0.2) is 29.2 Å². The molecule has 0 bridgehead atoms. The van der Waals surface area contributed by atoms with Crippen molar-refractivity contribution in [3.63, 3.8) is 0 Å². The van der Waals surface area contributed by atoms with Crippen molar-refractivity contribution in [1.82, 2.24) is 10.0 Å². The Labute approximate surface area is 128 Å². The molecule has 1 aromatic carbocycles. The Balaban J connectivity index is 1.92. The molecular formula is C14H19F3N2O2S. The Morgan fingerprint density at radius 2 is 1.91 bits per heavy atom. The van der Waals surface area contributed by atoms with Crippen LogP contribution < -0.4 is 10.0 Å². The Morgan fingerprint density at radius 3 is 2.45 bits per heavy atom. The van der Waals surface area contributed by atoms with Crippen LogP contribution in [0.4, 0.5) is 13.2 Å². The van der Waals surface area contributed by atoms with Crippen molar-refractivity contribution >= 4 is 10.0 Å². The summed E-state index contributed by atoms with van der Waals surface area (Å²) in [5, 5.41) is 3.25. The van der Waals surface area contributed by atoms with Crippen molar-refractivity contribution in [2.45, 2.75) is 30.3 Å². The van der Waals surface area contributed by atoms with E-state index in [-0.39, 0.29) is 11.4 Å². The van der Waals surface area contributed by atoms with Crippen molar-refractivity contribution in [2.24, 2.45) is 5.92 Å². The molecule has 0 spiro atoms. The summed E-state index contributed by atoms with van der Waals surface area (Å²) in [6.45, 7) is 2.16. The molecule has 1 saturated heterocycles. The largest absolute Gasteiger partial charge is 0.416 e. The zero-order valence-electron chi connectivity index (χ0n) is 12.0. The third-order valence-corrected chi connectivity index (χ3v) is 5.21. The lowest BCUT2D eigenvalue weighted by molar-refractivity contribution is -0.137. The highest BCUT2D eigenvalue weighted by Crippen LogP contribution is 2.29. The summed E-state index contributed by atoms with van der Waals surface area (Å²) in [6, 6.07) is 3.51. The van der Waals surface area contributed by atoms with E-state index in [4.69, 9.17) is 0 Å². The van der Waals surface area contributed by atoms with E-state index in [1.165, 1.54) is 0 Å². The molecule has 1 unspecified atom stereocenters. The number of alkyl halides is 3. The van der Waals surface area contributed by atoms with E-state index in [0.29, 0.717) is 12.3 Å². The molecule has 1 heterocycles. The van der Waals surface area contributed by atoms with E-state index >= 15 is 0 Å². The van der Waals surface area contributed by atoms with Crippen molar-refractivity contribution in [3.05, 3.63) is 29.8 Å². The van der Waals surface area contributed by atoms with Crippen LogP contribution in [0.25, 0.3) is 0 Å². The second kappa shape index (κ2) is 6.97. The molecule has 124 valence electrons. The third kappa shape index (κ3) is 4.69. The number of hydrogen-bond acceptors (Lipinski definition) is 3. The molecule has 4 nitrogen and oxygen atoms in total. The van der Waals surface area contributed by atoms with Gasteiger partial charge < -0.3 is 5.32 Å². The van der Waals surface area contributed by atoms with Crippen LogP contribution in [0.3, 0.4) is 0 Å². The number of rotatable bonds is 5. The molecule has 1 aliphatic heterocycles. The molecule has 0 aromatic heterocycles. The molecule has 0 aliphatic carbocycles. The summed E-state index contributed by atoms with van der Waals surface area (Å²) in [6.07, 6.45) is -1.61. The van der Waals surface area contributed by atoms with Gasteiger partial charge in [-0.3, -0.25) is 0 Å². The van der Waals surface area contributed by atoms with E-state index in [9.17, 15) is 21.6 Å². The highest BCUT2D eigenvalue weighted by atomic mass is 32.2. The Kier molecular flexibility index (Phi) is 5.46. The highest BCUT2D eigenvalue weighted by molar-refractivity contribution is 7.89. The minimum atomic E-state index is -4.47. The predicted molar refractivity (Wildman–Crippen MR) is 76.8 cm³/mol. The molecular weight excluding hydrogens is 317 g/mol. The fraction of sp³-hybridized carbons (Fsp3) is 0.571. The minimum absolute atomic E-state index is 0.151. The van der Waals surface area contributed by atoms with Gasteiger partial charge in [-0.2, -0.15) is 13.2 Å². The number of piperidine rings is 1. The Bertz CT molecular complexity index is 579. The van der Waals surface area contributed by atoms with Crippen LogP contribution in [0.5, 0.6) is 0 Å². The highest BCUT2D eigenvalue weighted by Gasteiger charge is 2.30. The van der Waals surface area contributed by atoms with Gasteiger partial charge >= 0.3 is 6.18 Å². The fourth-order valence-corrected chi connectivity index (χ4v) is 3.52. The number of halogens is 3. The first-order chi connectivity index (χ1) is 10.3. The third-order valence-electron chi connectivity index (χ3n) is 3.74. The second-order valence-corrected chi connectivity index (χ2v) is 7.19. The van der Waals surface area contributed by atoms with Crippen molar-refractivity contribution in [1.29, 1.82) is 0 Å². The molecule has 0 radical (unpaired) electrons. The molecule has 2 N–H and O–H groups in total. The maximum atomic E-state index is 12.5. The average molecular weight is 336 g/mol. The van der Waals surface area contributed by atoms with Crippen molar-refractivity contribution in [2.75, 3.05) is 19.6 Å². The van der Waals surface area contributed by atoms with Crippen LogP contribution in [-0.2, 0) is 16.2 Å². The van der Waals surface area contributed by atoms with Gasteiger partial charge in [0.05, 0.1) is 10.5 Å². The van der Waals surface area contributed by atoms with Crippen LogP contribution in [0.1, 0.15) is 24.8 Å². The predicted octanol–water partition coefficient (Wildman–Crippen LogP) is 2.37. The summed E-state index contributed by atoms with van der Waals surface area (Å²) < 4.78 is 63.9. The minimum Gasteiger partial charge on any atom is -0.316 e. The van der Waals surface area contributed by atoms with E-state index in [0.717, 1.165) is 50.2 Å². The lowest BCUT2D eigenvalue weighted by Crippen LogP contribution is -2.33. The standard InChI is InChI=1S/C14H19F3N2O2S/c15-14(16,17)12-3-5-13(6-4-12)22(20,21)19-9-7-11-2-1-8-18-10-11/h3-6,11,18-19H,1-2,7-10H2. The molecule has 1 aromatic rings. The first kappa shape index (κ1) is 17.2. The van der Waals surface area contributed by atoms with Crippen LogP contribution in [0, 0.1) is 5.92 Å². The van der Waals surface area contributed by atoms with Crippen LogP contribution >= 0.6 is 0 Å². The molecule has 1 aliphatic rings. The first-order valence-electron chi connectivity index (χ1n) is 7.17. The summed E-state index contributed by atoms with van der Waals surface area (Å²) in [5.74, 6) is 0.434.